The fourth-order valence-electron chi connectivity index (χ4n) is 15.7. The van der Waals surface area contributed by atoms with Gasteiger partial charge in [0.15, 0.2) is 10.8 Å². The van der Waals surface area contributed by atoms with Crippen molar-refractivity contribution in [3.63, 3.8) is 0 Å². The van der Waals surface area contributed by atoms with E-state index in [1.54, 1.807) is 56.4 Å². The van der Waals surface area contributed by atoms with Crippen LogP contribution in [0.2, 0.25) is 0 Å². The Morgan fingerprint density at radius 1 is 0.853 bits per heavy atom. The summed E-state index contributed by atoms with van der Waals surface area (Å²) >= 11 is 6.93. The fourth-order valence-corrected chi connectivity index (χ4v) is 17.2. The standard InChI is InChI=1S/C68H84ClN11O13S2/c1-42(2)57(75-55(81)17-8-7-11-25-71-56(82)31-69)61(85)80(44(4)59(70)83)47-20-18-45(19-21-47)34-92-64(88)77(28-30-95(89,90)91)27-29-93-68-38-65(5)35-66(6,39-68)37-67(36-65,40-68)41-79-43(3)50(32-72-79)48-22-23-54(74-58(48)62(86)87)78-26-24-46-13-12-14-49(51(46)33-78)60(84)76-63-73-52-15-9-10-16-53(52)94-63/h9-10,12-16,18-23,32,42,44,57H,7-8,11,17,24-31,33-41H2,1-6H3,(H2,70,83)(H,71,82)(H,75,81)(H,86,87)(H,73,76,84)(H,89,90,91)/t44-,57-,65?,66?,67?,68?/m0/s1. The number of nitrogens with zero attached hydrogens (tertiary/aromatic N) is 7. The van der Waals surface area contributed by atoms with E-state index in [1.807, 2.05) is 59.0 Å². The smallest absolute Gasteiger partial charge is 0.410 e. The normalized spacial score (nSPS) is 21.0. The molecule has 4 bridgehead atoms. The molecule has 6 amide bonds. The van der Waals surface area contributed by atoms with Crippen molar-refractivity contribution in [2.75, 3.05) is 59.5 Å². The lowest BCUT2D eigenvalue weighted by molar-refractivity contribution is -0.248. The number of carbonyl (C=O) groups excluding carboxylic acids is 6. The van der Waals surface area contributed by atoms with E-state index in [0.29, 0.717) is 91.5 Å². The van der Waals surface area contributed by atoms with Crippen LogP contribution in [0, 0.1) is 29.1 Å². The number of rotatable bonds is 29. The summed E-state index contributed by atoms with van der Waals surface area (Å²) in [5.41, 5.74) is 10.3. The Labute approximate surface area is 561 Å². The summed E-state index contributed by atoms with van der Waals surface area (Å²) in [6.07, 6.45) is 8.41. The van der Waals surface area contributed by atoms with Crippen molar-refractivity contribution in [2.45, 2.75) is 150 Å². The predicted octanol–water partition coefficient (Wildman–Crippen LogP) is 9.30. The first kappa shape index (κ1) is 69.8. The molecule has 4 saturated carbocycles. The third kappa shape index (κ3) is 16.4. The van der Waals surface area contributed by atoms with E-state index in [-0.39, 0.29) is 89.9 Å². The van der Waals surface area contributed by atoms with E-state index in [1.165, 1.54) is 28.1 Å². The molecule has 6 aromatic rings. The minimum atomic E-state index is -4.50. The first-order valence-corrected chi connectivity index (χ1v) is 35.2. The van der Waals surface area contributed by atoms with Gasteiger partial charge >= 0.3 is 12.1 Å². The number of fused-ring (bicyclic) bond motifs is 2. The van der Waals surface area contributed by atoms with Gasteiger partial charge in [-0.25, -0.2) is 19.6 Å². The molecule has 508 valence electrons. The van der Waals surface area contributed by atoms with Crippen molar-refractivity contribution in [1.29, 1.82) is 0 Å². The molecule has 3 aromatic carbocycles. The van der Waals surface area contributed by atoms with Gasteiger partial charge in [-0.2, -0.15) is 13.5 Å². The van der Waals surface area contributed by atoms with Gasteiger partial charge in [0.05, 0.1) is 34.4 Å². The van der Waals surface area contributed by atoms with Crippen molar-refractivity contribution in [3.8, 4) is 11.1 Å². The Morgan fingerprint density at radius 3 is 2.27 bits per heavy atom. The van der Waals surface area contributed by atoms with E-state index in [4.69, 9.17) is 36.9 Å². The van der Waals surface area contributed by atoms with E-state index in [0.717, 1.165) is 59.1 Å². The molecule has 1 aliphatic heterocycles. The van der Waals surface area contributed by atoms with Crippen LogP contribution in [0.3, 0.4) is 0 Å². The predicted molar refractivity (Wildman–Crippen MR) is 361 cm³/mol. The Hall–Kier alpha value is -8.04. The first-order chi connectivity index (χ1) is 45.1. The largest absolute Gasteiger partial charge is 0.476 e. The molecule has 0 spiro atoms. The lowest BCUT2D eigenvalue weighted by atomic mass is 9.39. The van der Waals surface area contributed by atoms with Gasteiger partial charge in [-0.05, 0) is 153 Å². The molecule has 7 N–H and O–H groups in total. The van der Waals surface area contributed by atoms with Crippen LogP contribution in [-0.2, 0) is 64.9 Å². The third-order valence-electron chi connectivity index (χ3n) is 19.0. The number of primary amides is 1. The Bertz CT molecular complexity index is 3960. The molecule has 4 atom stereocenters. The second-order valence-corrected chi connectivity index (χ2v) is 30.2. The number of hydrogen-bond acceptors (Lipinski definition) is 16. The van der Waals surface area contributed by atoms with E-state index in [2.05, 4.69) is 34.8 Å². The Morgan fingerprint density at radius 2 is 1.59 bits per heavy atom. The molecule has 11 rings (SSSR count). The highest BCUT2D eigenvalue weighted by atomic mass is 35.5. The summed E-state index contributed by atoms with van der Waals surface area (Å²) in [6.45, 7) is 12.7. The number of alkyl halides is 1. The maximum atomic E-state index is 14.3. The number of hydrogen-bond donors (Lipinski definition) is 6. The van der Waals surface area contributed by atoms with Gasteiger partial charge in [-0.3, -0.25) is 43.4 Å². The molecule has 5 aliphatic rings. The SMILES string of the molecule is Cc1c(-c2ccc(N3CCc4cccc(C(=O)Nc5nc6ccccc6s5)c4C3)nc2C(=O)O)cnn1CC12CC3(C)CC(C)(C1)CC(OCCN(CCS(=O)(=O)O)C(=O)OCc1ccc(N(C(=O)[C@@H](NC(=O)CCCCCNC(=O)CCl)C(C)C)[C@@H](C)C(N)=O)cc1)(C3)C2. The summed E-state index contributed by atoms with van der Waals surface area (Å²) in [6, 6.07) is 21.2. The summed E-state index contributed by atoms with van der Waals surface area (Å²) in [7, 11) is -4.50. The van der Waals surface area contributed by atoms with Gasteiger partial charge in [0.2, 0.25) is 17.7 Å². The van der Waals surface area contributed by atoms with Crippen LogP contribution in [0.5, 0.6) is 0 Å². The highest BCUT2D eigenvalue weighted by molar-refractivity contribution is 7.85. The summed E-state index contributed by atoms with van der Waals surface area (Å²) in [4.78, 5) is 106. The van der Waals surface area contributed by atoms with Crippen LogP contribution in [0.4, 0.5) is 21.4 Å². The van der Waals surface area contributed by atoms with Crippen LogP contribution < -0.4 is 31.5 Å². The van der Waals surface area contributed by atoms with E-state index in [9.17, 15) is 51.6 Å². The summed E-state index contributed by atoms with van der Waals surface area (Å²) in [5.74, 6) is -4.25. The highest BCUT2D eigenvalue weighted by Gasteiger charge is 2.66. The number of halogens is 1. The number of para-hydroxylation sites is 1. The maximum Gasteiger partial charge on any atom is 0.410 e. The van der Waals surface area contributed by atoms with Crippen molar-refractivity contribution < 1.29 is 61.1 Å². The number of nitrogens with one attached hydrogen (secondary N) is 3. The zero-order valence-corrected chi connectivity index (χ0v) is 56.8. The molecule has 2 unspecified atom stereocenters. The molecule has 27 heteroatoms. The number of amides is 6. The lowest BCUT2D eigenvalue weighted by Crippen LogP contribution is -2.64. The molecular formula is C68H84ClN11O13S2. The van der Waals surface area contributed by atoms with Gasteiger partial charge in [-0.1, -0.05) is 81.9 Å². The fraction of sp³-hybridized carbons (Fsp3) is 0.500. The van der Waals surface area contributed by atoms with Gasteiger partial charge in [0, 0.05) is 73.8 Å². The quantitative estimate of drug-likeness (QED) is 0.0145. The number of anilines is 3. The number of pyridine rings is 1. The van der Waals surface area contributed by atoms with Crippen molar-refractivity contribution in [1.82, 2.24) is 35.3 Å². The van der Waals surface area contributed by atoms with Crippen LogP contribution in [0.15, 0.2) is 85.1 Å². The molecular weight excluding hydrogens is 1280 g/mol. The van der Waals surface area contributed by atoms with Gasteiger partial charge in [0.25, 0.3) is 21.9 Å². The third-order valence-corrected chi connectivity index (χ3v) is 20.9. The number of nitrogens with two attached hydrogens (primary N) is 1. The number of thiazole rings is 1. The molecule has 0 radical (unpaired) electrons. The number of benzene rings is 3. The molecule has 24 nitrogen and oxygen atoms in total. The zero-order chi connectivity index (χ0) is 68.2. The number of unbranched alkanes of at least 4 members (excludes halogenated alkanes) is 2. The van der Waals surface area contributed by atoms with Gasteiger partial charge < -0.3 is 40.7 Å². The van der Waals surface area contributed by atoms with Crippen molar-refractivity contribution >= 4 is 102 Å². The van der Waals surface area contributed by atoms with Gasteiger partial charge in [0.1, 0.15) is 30.4 Å². The number of carbonyl (C=O) groups is 7. The molecule has 95 heavy (non-hydrogen) atoms. The van der Waals surface area contributed by atoms with Crippen LogP contribution in [0.25, 0.3) is 21.3 Å². The zero-order valence-electron chi connectivity index (χ0n) is 54.5. The molecule has 4 heterocycles. The van der Waals surface area contributed by atoms with Crippen molar-refractivity contribution in [2.24, 2.45) is 27.9 Å². The minimum Gasteiger partial charge on any atom is -0.476 e. The summed E-state index contributed by atoms with van der Waals surface area (Å²) in [5, 5.41) is 24.7. The molecule has 4 fully saturated rings. The van der Waals surface area contributed by atoms with E-state index >= 15 is 0 Å². The average Bonchev–Trinajstić information content (AvgIpc) is 0.982. The second-order valence-electron chi connectivity index (χ2n) is 27.3. The molecule has 4 aliphatic carbocycles. The number of carboxylic acid groups (broad SMARTS) is 1. The lowest BCUT2D eigenvalue weighted by Gasteiger charge is -2.69. The summed E-state index contributed by atoms with van der Waals surface area (Å²) < 4.78 is 49.7. The number of ether oxygens (including phenoxy) is 2. The molecule has 3 aromatic heterocycles. The average molecular weight is 1360 g/mol. The topological polar surface area (TPSA) is 328 Å². The van der Waals surface area contributed by atoms with Gasteiger partial charge in [-0.15, -0.1) is 11.6 Å². The van der Waals surface area contributed by atoms with Crippen molar-refractivity contribution in [3.05, 3.63) is 119 Å². The molecule has 0 saturated heterocycles. The second kappa shape index (κ2) is 28.7. The van der Waals surface area contributed by atoms with Crippen LogP contribution in [0.1, 0.15) is 142 Å². The number of aromatic carboxylic acids is 1. The highest BCUT2D eigenvalue weighted by Crippen LogP contribution is 2.72. The van der Waals surface area contributed by atoms with E-state index < -0.39 is 57.4 Å². The number of aromatic nitrogens is 4. The Kier molecular flexibility index (Phi) is 21.1. The maximum absolute atomic E-state index is 14.3. The van der Waals surface area contributed by atoms with Crippen LogP contribution >= 0.6 is 22.9 Å². The number of carboxylic acids is 1. The monoisotopic (exact) mass is 1360 g/mol. The first-order valence-electron chi connectivity index (χ1n) is 32.2. The minimum absolute atomic E-state index is 0.0327. The van der Waals surface area contributed by atoms with Crippen LogP contribution in [-0.4, -0.2) is 146 Å². The Balaban J connectivity index is 0.781.